The number of carbonyl (C=O) groups excluding carboxylic acids is 1. The maximum Gasteiger partial charge on any atom is 0.241 e. The van der Waals surface area contributed by atoms with Crippen LogP contribution in [0, 0.1) is 0 Å². The highest BCUT2D eigenvalue weighted by molar-refractivity contribution is 7.89. The number of benzene rings is 2. The van der Waals surface area contributed by atoms with Crippen molar-refractivity contribution in [2.24, 2.45) is 0 Å². The van der Waals surface area contributed by atoms with Crippen molar-refractivity contribution in [1.29, 1.82) is 0 Å². The van der Waals surface area contributed by atoms with Crippen molar-refractivity contribution in [3.05, 3.63) is 59.1 Å². The van der Waals surface area contributed by atoms with E-state index in [1.165, 1.54) is 25.3 Å². The molecule has 0 saturated carbocycles. The van der Waals surface area contributed by atoms with Crippen LogP contribution >= 0.6 is 11.6 Å². The Balaban J connectivity index is 2.29. The minimum Gasteiger partial charge on any atom is -0.495 e. The topological polar surface area (TPSA) is 84.5 Å². The van der Waals surface area contributed by atoms with Crippen LogP contribution in [0.25, 0.3) is 0 Å². The van der Waals surface area contributed by atoms with Crippen molar-refractivity contribution >= 4 is 27.5 Å². The average molecular weight is 425 g/mol. The van der Waals surface area contributed by atoms with Gasteiger partial charge in [-0.3, -0.25) is 4.79 Å². The number of hydrogen-bond acceptors (Lipinski definition) is 4. The molecule has 0 saturated heterocycles. The highest BCUT2D eigenvalue weighted by Gasteiger charge is 2.27. The van der Waals surface area contributed by atoms with Crippen LogP contribution in [-0.4, -0.2) is 33.5 Å². The number of sulfonamides is 1. The maximum atomic E-state index is 12.9. The Bertz CT molecular complexity index is 904. The summed E-state index contributed by atoms with van der Waals surface area (Å²) in [5, 5.41) is 3.02. The third kappa shape index (κ3) is 5.95. The summed E-state index contributed by atoms with van der Waals surface area (Å²) in [7, 11) is -2.52. The second kappa shape index (κ2) is 9.91. The molecule has 1 amide bonds. The molecule has 0 aromatic heterocycles. The van der Waals surface area contributed by atoms with Crippen LogP contribution in [0.5, 0.6) is 5.75 Å². The fourth-order valence-corrected chi connectivity index (χ4v) is 4.10. The van der Waals surface area contributed by atoms with Gasteiger partial charge in [-0.15, -0.1) is 0 Å². The van der Waals surface area contributed by atoms with E-state index in [0.717, 1.165) is 12.0 Å². The van der Waals surface area contributed by atoms with Crippen LogP contribution in [0.3, 0.4) is 0 Å². The van der Waals surface area contributed by atoms with Crippen molar-refractivity contribution in [2.45, 2.75) is 43.7 Å². The SMILES string of the molecule is CC[C@@H](C)NC(=O)[C@H](Cc1ccccc1)NS(=O)(=O)c1ccc(OC)c(Cl)c1. The molecule has 0 radical (unpaired) electrons. The van der Waals surface area contributed by atoms with Crippen molar-refractivity contribution in [3.8, 4) is 5.75 Å². The number of nitrogens with one attached hydrogen (secondary N) is 2. The molecule has 0 unspecified atom stereocenters. The molecule has 152 valence electrons. The number of halogens is 1. The number of methoxy groups -OCH3 is 1. The summed E-state index contributed by atoms with van der Waals surface area (Å²) in [6.07, 6.45) is 0.969. The Hall–Kier alpha value is -2.09. The molecular formula is C20H25ClN2O4S. The fourth-order valence-electron chi connectivity index (χ4n) is 2.55. The van der Waals surface area contributed by atoms with Gasteiger partial charge in [0.05, 0.1) is 17.0 Å². The fraction of sp³-hybridized carbons (Fsp3) is 0.350. The Labute approximate surface area is 171 Å². The van der Waals surface area contributed by atoms with E-state index in [-0.39, 0.29) is 28.3 Å². The Morgan fingerprint density at radius 2 is 1.86 bits per heavy atom. The van der Waals surface area contributed by atoms with Crippen LogP contribution in [0.15, 0.2) is 53.4 Å². The summed E-state index contributed by atoms with van der Waals surface area (Å²) in [4.78, 5) is 12.7. The molecular weight excluding hydrogens is 400 g/mol. The molecule has 0 aliphatic heterocycles. The first-order valence-corrected chi connectivity index (χ1v) is 10.8. The molecule has 0 spiro atoms. The predicted molar refractivity (Wildman–Crippen MR) is 110 cm³/mol. The van der Waals surface area contributed by atoms with Crippen LogP contribution in [0.4, 0.5) is 0 Å². The van der Waals surface area contributed by atoms with Crippen molar-refractivity contribution in [2.75, 3.05) is 7.11 Å². The van der Waals surface area contributed by atoms with Gasteiger partial charge in [0.2, 0.25) is 15.9 Å². The standard InChI is InChI=1S/C20H25ClN2O4S/c1-4-14(2)22-20(24)18(12-15-8-6-5-7-9-15)23-28(25,26)16-10-11-19(27-3)17(21)13-16/h5-11,13-14,18,23H,4,12H2,1-3H3,(H,22,24)/t14-,18+/m1/s1. The molecule has 0 fully saturated rings. The second-order valence-electron chi connectivity index (χ2n) is 6.48. The molecule has 8 heteroatoms. The van der Waals surface area contributed by atoms with Gasteiger partial charge in [-0.25, -0.2) is 8.42 Å². The van der Waals surface area contributed by atoms with E-state index in [4.69, 9.17) is 16.3 Å². The van der Waals surface area contributed by atoms with E-state index in [1.54, 1.807) is 0 Å². The van der Waals surface area contributed by atoms with Gasteiger partial charge in [0.15, 0.2) is 0 Å². The monoisotopic (exact) mass is 424 g/mol. The van der Waals surface area contributed by atoms with Gasteiger partial charge in [-0.1, -0.05) is 48.9 Å². The average Bonchev–Trinajstić information content (AvgIpc) is 2.67. The summed E-state index contributed by atoms with van der Waals surface area (Å²) < 4.78 is 33.3. The van der Waals surface area contributed by atoms with Gasteiger partial charge < -0.3 is 10.1 Å². The van der Waals surface area contributed by atoms with Gasteiger partial charge in [0, 0.05) is 6.04 Å². The van der Waals surface area contributed by atoms with Gasteiger partial charge in [0.25, 0.3) is 0 Å². The maximum absolute atomic E-state index is 12.9. The smallest absolute Gasteiger partial charge is 0.241 e. The molecule has 2 atom stereocenters. The number of hydrogen-bond donors (Lipinski definition) is 2. The van der Waals surface area contributed by atoms with Crippen LogP contribution in [0.2, 0.25) is 5.02 Å². The predicted octanol–water partition coefficient (Wildman–Crippen LogP) is 3.15. The van der Waals surface area contributed by atoms with Crippen LogP contribution in [0.1, 0.15) is 25.8 Å². The Kier molecular flexibility index (Phi) is 7.86. The molecule has 2 rings (SSSR count). The third-order valence-electron chi connectivity index (χ3n) is 4.33. The highest BCUT2D eigenvalue weighted by Crippen LogP contribution is 2.27. The second-order valence-corrected chi connectivity index (χ2v) is 8.60. The number of ether oxygens (including phenoxy) is 1. The molecule has 2 aromatic carbocycles. The normalized spacial score (nSPS) is 13.6. The Morgan fingerprint density at radius 1 is 1.18 bits per heavy atom. The number of carbonyl (C=O) groups is 1. The largest absolute Gasteiger partial charge is 0.495 e. The van der Waals surface area contributed by atoms with E-state index in [1.807, 2.05) is 44.2 Å². The lowest BCUT2D eigenvalue weighted by Crippen LogP contribution is -2.50. The number of amides is 1. The summed E-state index contributed by atoms with van der Waals surface area (Å²) in [6, 6.07) is 12.4. The van der Waals surface area contributed by atoms with E-state index in [9.17, 15) is 13.2 Å². The highest BCUT2D eigenvalue weighted by atomic mass is 35.5. The van der Waals surface area contributed by atoms with Crippen molar-refractivity contribution in [3.63, 3.8) is 0 Å². The summed E-state index contributed by atoms with van der Waals surface area (Å²) in [5.41, 5.74) is 0.849. The molecule has 0 heterocycles. The molecule has 2 N–H and O–H groups in total. The van der Waals surface area contributed by atoms with E-state index < -0.39 is 16.1 Å². The molecule has 2 aromatic rings. The van der Waals surface area contributed by atoms with Crippen molar-refractivity contribution < 1.29 is 17.9 Å². The molecule has 0 aliphatic carbocycles. The summed E-state index contributed by atoms with van der Waals surface area (Å²) >= 11 is 6.06. The minimum absolute atomic E-state index is 0.0345. The van der Waals surface area contributed by atoms with E-state index in [0.29, 0.717) is 5.75 Å². The van der Waals surface area contributed by atoms with E-state index in [2.05, 4.69) is 10.0 Å². The first-order chi connectivity index (χ1) is 13.3. The minimum atomic E-state index is -3.97. The molecule has 0 aliphatic rings. The van der Waals surface area contributed by atoms with E-state index >= 15 is 0 Å². The Morgan fingerprint density at radius 3 is 2.43 bits per heavy atom. The molecule has 6 nitrogen and oxygen atoms in total. The van der Waals surface area contributed by atoms with Gasteiger partial charge in [-0.05, 0) is 43.5 Å². The zero-order valence-electron chi connectivity index (χ0n) is 16.1. The first-order valence-electron chi connectivity index (χ1n) is 8.97. The van der Waals surface area contributed by atoms with Crippen molar-refractivity contribution in [1.82, 2.24) is 10.0 Å². The van der Waals surface area contributed by atoms with Gasteiger partial charge >= 0.3 is 0 Å². The first kappa shape index (κ1) is 22.2. The lowest BCUT2D eigenvalue weighted by atomic mass is 10.1. The molecule has 0 bridgehead atoms. The lowest BCUT2D eigenvalue weighted by Gasteiger charge is -2.21. The van der Waals surface area contributed by atoms with Gasteiger partial charge in [0.1, 0.15) is 11.8 Å². The van der Waals surface area contributed by atoms with Crippen LogP contribution < -0.4 is 14.8 Å². The summed E-state index contributed by atoms with van der Waals surface area (Å²) in [5.74, 6) is -0.00245. The summed E-state index contributed by atoms with van der Waals surface area (Å²) in [6.45, 7) is 3.82. The molecule has 28 heavy (non-hydrogen) atoms. The third-order valence-corrected chi connectivity index (χ3v) is 6.10. The zero-order chi connectivity index (χ0) is 20.7. The van der Waals surface area contributed by atoms with Crippen LogP contribution in [-0.2, 0) is 21.2 Å². The van der Waals surface area contributed by atoms with Gasteiger partial charge in [-0.2, -0.15) is 4.72 Å². The zero-order valence-corrected chi connectivity index (χ0v) is 17.7. The quantitative estimate of drug-likeness (QED) is 0.647. The lowest BCUT2D eigenvalue weighted by molar-refractivity contribution is -0.123. The number of rotatable bonds is 9.